The second-order valence-corrected chi connectivity index (χ2v) is 5.81. The molecular formula is C17H23N5O3. The van der Waals surface area contributed by atoms with Gasteiger partial charge in [-0.2, -0.15) is 4.98 Å². The van der Waals surface area contributed by atoms with Crippen LogP contribution in [0.15, 0.2) is 28.8 Å². The zero-order valence-corrected chi connectivity index (χ0v) is 14.4. The van der Waals surface area contributed by atoms with E-state index >= 15 is 0 Å². The topological polar surface area (TPSA) is 97.7 Å². The minimum Gasteiger partial charge on any atom is -0.493 e. The van der Waals surface area contributed by atoms with E-state index in [-0.39, 0.29) is 12.5 Å². The lowest BCUT2D eigenvalue weighted by Crippen LogP contribution is -2.48. The number of nitrogens with two attached hydrogens (primary N) is 1. The molecule has 3 rings (SSSR count). The Labute approximate surface area is 146 Å². The van der Waals surface area contributed by atoms with Gasteiger partial charge in [0.25, 0.3) is 5.91 Å². The van der Waals surface area contributed by atoms with Gasteiger partial charge in [-0.3, -0.25) is 9.69 Å². The van der Waals surface area contributed by atoms with Gasteiger partial charge in [0.1, 0.15) is 5.75 Å². The molecule has 0 radical (unpaired) electrons. The minimum atomic E-state index is 0.00804. The molecule has 1 fully saturated rings. The van der Waals surface area contributed by atoms with Gasteiger partial charge in [0.05, 0.1) is 25.3 Å². The first kappa shape index (κ1) is 17.4. The molecule has 1 aliphatic heterocycles. The van der Waals surface area contributed by atoms with Crippen molar-refractivity contribution in [1.82, 2.24) is 19.9 Å². The number of carbonyl (C=O) groups is 1. The van der Waals surface area contributed by atoms with Crippen LogP contribution in [0.4, 0.5) is 0 Å². The highest BCUT2D eigenvalue weighted by Crippen LogP contribution is 2.21. The standard InChI is InChI=1S/C17H23N5O3/c1-2-24-14-6-4-3-5-13(14)17(23)22-9-7-21(8-10-22)12-15-19-16(11-18)25-20-15/h3-6H,2,7-12,18H2,1H3. The van der Waals surface area contributed by atoms with Crippen LogP contribution in [0.25, 0.3) is 0 Å². The van der Waals surface area contributed by atoms with Crippen LogP contribution in [0, 0.1) is 0 Å². The molecule has 0 atom stereocenters. The lowest BCUT2D eigenvalue weighted by molar-refractivity contribution is 0.0620. The van der Waals surface area contributed by atoms with Crippen molar-refractivity contribution in [3.63, 3.8) is 0 Å². The number of amides is 1. The normalized spacial score (nSPS) is 15.4. The fourth-order valence-electron chi connectivity index (χ4n) is 2.84. The second-order valence-electron chi connectivity index (χ2n) is 5.81. The van der Waals surface area contributed by atoms with Crippen LogP contribution in [0.3, 0.4) is 0 Å². The van der Waals surface area contributed by atoms with Crippen LogP contribution < -0.4 is 10.5 Å². The largest absolute Gasteiger partial charge is 0.493 e. The van der Waals surface area contributed by atoms with Crippen molar-refractivity contribution in [1.29, 1.82) is 0 Å². The molecule has 1 amide bonds. The molecule has 1 saturated heterocycles. The highest BCUT2D eigenvalue weighted by Gasteiger charge is 2.25. The van der Waals surface area contributed by atoms with Gasteiger partial charge in [-0.25, -0.2) is 0 Å². The first-order chi connectivity index (χ1) is 12.2. The molecule has 1 aromatic heterocycles. The molecular weight excluding hydrogens is 322 g/mol. The number of hydrogen-bond donors (Lipinski definition) is 1. The van der Waals surface area contributed by atoms with E-state index in [9.17, 15) is 4.79 Å². The summed E-state index contributed by atoms with van der Waals surface area (Å²) >= 11 is 0. The summed E-state index contributed by atoms with van der Waals surface area (Å²) < 4.78 is 10.6. The molecule has 0 spiro atoms. The van der Waals surface area contributed by atoms with E-state index in [1.54, 1.807) is 0 Å². The lowest BCUT2D eigenvalue weighted by atomic mass is 10.1. The Bertz CT molecular complexity index is 710. The first-order valence-electron chi connectivity index (χ1n) is 8.46. The molecule has 0 bridgehead atoms. The average Bonchev–Trinajstić information content (AvgIpc) is 3.10. The average molecular weight is 345 g/mol. The van der Waals surface area contributed by atoms with Gasteiger partial charge in [-0.05, 0) is 19.1 Å². The van der Waals surface area contributed by atoms with Crippen molar-refractivity contribution >= 4 is 5.91 Å². The number of rotatable bonds is 6. The molecule has 2 heterocycles. The molecule has 134 valence electrons. The van der Waals surface area contributed by atoms with E-state index in [4.69, 9.17) is 15.0 Å². The Morgan fingerprint density at radius 1 is 1.28 bits per heavy atom. The summed E-state index contributed by atoms with van der Waals surface area (Å²) in [5.74, 6) is 1.71. The zero-order chi connectivity index (χ0) is 17.6. The van der Waals surface area contributed by atoms with Crippen molar-refractivity contribution in [2.75, 3.05) is 32.8 Å². The number of carbonyl (C=O) groups excluding carboxylic acids is 1. The number of hydrogen-bond acceptors (Lipinski definition) is 7. The summed E-state index contributed by atoms with van der Waals surface area (Å²) in [6.07, 6.45) is 0. The molecule has 25 heavy (non-hydrogen) atoms. The van der Waals surface area contributed by atoms with Gasteiger partial charge in [0, 0.05) is 26.2 Å². The third-order valence-corrected chi connectivity index (χ3v) is 4.13. The summed E-state index contributed by atoms with van der Waals surface area (Å²) in [4.78, 5) is 21.0. The molecule has 1 aromatic carbocycles. The highest BCUT2D eigenvalue weighted by molar-refractivity contribution is 5.97. The first-order valence-corrected chi connectivity index (χ1v) is 8.46. The van der Waals surface area contributed by atoms with E-state index in [1.807, 2.05) is 36.1 Å². The number of para-hydroxylation sites is 1. The van der Waals surface area contributed by atoms with Crippen molar-refractivity contribution < 1.29 is 14.1 Å². The Morgan fingerprint density at radius 3 is 2.72 bits per heavy atom. The van der Waals surface area contributed by atoms with Crippen LogP contribution in [0.1, 0.15) is 29.0 Å². The monoisotopic (exact) mass is 345 g/mol. The Hall–Kier alpha value is -2.45. The Balaban J connectivity index is 1.57. The van der Waals surface area contributed by atoms with Crippen molar-refractivity contribution in [2.45, 2.75) is 20.0 Å². The van der Waals surface area contributed by atoms with Crippen molar-refractivity contribution in [3.8, 4) is 5.75 Å². The van der Waals surface area contributed by atoms with Gasteiger partial charge in [0.2, 0.25) is 5.89 Å². The highest BCUT2D eigenvalue weighted by atomic mass is 16.5. The van der Waals surface area contributed by atoms with Crippen molar-refractivity contribution in [2.24, 2.45) is 5.73 Å². The molecule has 0 saturated carbocycles. The Morgan fingerprint density at radius 2 is 2.04 bits per heavy atom. The summed E-state index contributed by atoms with van der Waals surface area (Å²) in [7, 11) is 0. The zero-order valence-electron chi connectivity index (χ0n) is 14.4. The van der Waals surface area contributed by atoms with Crippen LogP contribution in [0.2, 0.25) is 0 Å². The number of aromatic nitrogens is 2. The van der Waals surface area contributed by atoms with Gasteiger partial charge >= 0.3 is 0 Å². The smallest absolute Gasteiger partial charge is 0.257 e. The molecule has 2 N–H and O–H groups in total. The summed E-state index contributed by atoms with van der Waals surface area (Å²) in [5.41, 5.74) is 6.09. The van der Waals surface area contributed by atoms with Crippen LogP contribution in [0.5, 0.6) is 5.75 Å². The molecule has 1 aliphatic rings. The predicted molar refractivity (Wildman–Crippen MR) is 91.0 cm³/mol. The van der Waals surface area contributed by atoms with Crippen LogP contribution in [-0.2, 0) is 13.1 Å². The van der Waals surface area contributed by atoms with Gasteiger partial charge in [-0.15, -0.1) is 0 Å². The van der Waals surface area contributed by atoms with E-state index in [2.05, 4.69) is 15.0 Å². The fraction of sp³-hybridized carbons (Fsp3) is 0.471. The summed E-state index contributed by atoms with van der Waals surface area (Å²) in [6, 6.07) is 7.38. The SMILES string of the molecule is CCOc1ccccc1C(=O)N1CCN(Cc2noc(CN)n2)CC1. The maximum atomic E-state index is 12.8. The number of ether oxygens (including phenoxy) is 1. The minimum absolute atomic E-state index is 0.00804. The van der Waals surface area contributed by atoms with E-state index < -0.39 is 0 Å². The fourth-order valence-corrected chi connectivity index (χ4v) is 2.84. The number of piperazine rings is 1. The number of benzene rings is 1. The molecule has 0 unspecified atom stereocenters. The molecule has 0 aliphatic carbocycles. The van der Waals surface area contributed by atoms with E-state index in [0.29, 0.717) is 49.3 Å². The van der Waals surface area contributed by atoms with Crippen molar-refractivity contribution in [3.05, 3.63) is 41.5 Å². The third kappa shape index (κ3) is 4.15. The van der Waals surface area contributed by atoms with Gasteiger partial charge < -0.3 is 19.9 Å². The number of nitrogens with zero attached hydrogens (tertiary/aromatic N) is 4. The second kappa shape index (κ2) is 8.09. The van der Waals surface area contributed by atoms with Crippen LogP contribution in [-0.4, -0.2) is 58.6 Å². The molecule has 8 nitrogen and oxygen atoms in total. The van der Waals surface area contributed by atoms with Gasteiger partial charge in [-0.1, -0.05) is 17.3 Å². The maximum Gasteiger partial charge on any atom is 0.257 e. The predicted octanol–water partition coefficient (Wildman–Crippen LogP) is 0.885. The molecule has 2 aromatic rings. The molecule has 8 heteroatoms. The summed E-state index contributed by atoms with van der Waals surface area (Å²) in [5, 5.41) is 3.91. The van der Waals surface area contributed by atoms with Gasteiger partial charge in [0.15, 0.2) is 5.82 Å². The van der Waals surface area contributed by atoms with E-state index in [1.165, 1.54) is 0 Å². The Kier molecular flexibility index (Phi) is 5.62. The van der Waals surface area contributed by atoms with E-state index in [0.717, 1.165) is 13.1 Å². The lowest BCUT2D eigenvalue weighted by Gasteiger charge is -2.34. The van der Waals surface area contributed by atoms with Crippen LogP contribution >= 0.6 is 0 Å². The quantitative estimate of drug-likeness (QED) is 0.830. The third-order valence-electron chi connectivity index (χ3n) is 4.13. The summed E-state index contributed by atoms with van der Waals surface area (Å²) in [6.45, 7) is 6.11. The maximum absolute atomic E-state index is 12.8.